The molecule has 1 aliphatic carbocycles. The van der Waals surface area contributed by atoms with Crippen molar-refractivity contribution in [2.75, 3.05) is 6.54 Å². The Morgan fingerprint density at radius 3 is 2.35 bits per heavy atom. The van der Waals surface area contributed by atoms with Crippen molar-refractivity contribution in [1.82, 2.24) is 0 Å². The Labute approximate surface area is 119 Å². The fraction of sp³-hybridized carbons (Fsp3) is 0.625. The molecule has 1 fully saturated rings. The van der Waals surface area contributed by atoms with Crippen LogP contribution in [0.1, 0.15) is 38.7 Å². The van der Waals surface area contributed by atoms with Gasteiger partial charge in [0, 0.05) is 0 Å². The highest BCUT2D eigenvalue weighted by Crippen LogP contribution is 2.33. The minimum atomic E-state index is -0.625. The van der Waals surface area contributed by atoms with Crippen molar-refractivity contribution in [2.24, 2.45) is 17.6 Å². The van der Waals surface area contributed by atoms with Crippen LogP contribution in [-0.4, -0.2) is 12.6 Å². The second-order valence-corrected chi connectivity index (χ2v) is 5.93. The molecule has 3 unspecified atom stereocenters. The minimum absolute atomic E-state index is 0.0921. The van der Waals surface area contributed by atoms with Crippen LogP contribution in [0.4, 0.5) is 8.78 Å². The number of nitrogens with two attached hydrogens (primary N) is 1. The molecule has 1 saturated carbocycles. The van der Waals surface area contributed by atoms with E-state index >= 15 is 0 Å². The first-order valence-electron chi connectivity index (χ1n) is 7.36. The predicted molar refractivity (Wildman–Crippen MR) is 75.7 cm³/mol. The summed E-state index contributed by atoms with van der Waals surface area (Å²) in [4.78, 5) is 0. The smallest absolute Gasteiger partial charge is 0.191 e. The van der Waals surface area contributed by atoms with Crippen LogP contribution in [-0.2, 0) is 6.42 Å². The molecule has 1 aliphatic rings. The lowest BCUT2D eigenvalue weighted by Gasteiger charge is -2.32. The van der Waals surface area contributed by atoms with Crippen LogP contribution in [0.15, 0.2) is 12.1 Å². The molecule has 0 spiro atoms. The fourth-order valence-corrected chi connectivity index (χ4v) is 2.81. The lowest BCUT2D eigenvalue weighted by atomic mass is 9.80. The zero-order valence-corrected chi connectivity index (χ0v) is 12.2. The summed E-state index contributed by atoms with van der Waals surface area (Å²) in [6.45, 7) is 4.75. The molecule has 0 heterocycles. The maximum Gasteiger partial charge on any atom is 0.191 e. The van der Waals surface area contributed by atoms with Crippen molar-refractivity contribution in [1.29, 1.82) is 0 Å². The highest BCUT2D eigenvalue weighted by Gasteiger charge is 2.27. The van der Waals surface area contributed by atoms with E-state index in [1.54, 1.807) is 0 Å². The van der Waals surface area contributed by atoms with Crippen LogP contribution < -0.4 is 10.5 Å². The van der Waals surface area contributed by atoms with Crippen molar-refractivity contribution < 1.29 is 13.5 Å². The summed E-state index contributed by atoms with van der Waals surface area (Å²) in [5, 5.41) is 0. The van der Waals surface area contributed by atoms with Crippen molar-refractivity contribution in [3.63, 3.8) is 0 Å². The van der Waals surface area contributed by atoms with Gasteiger partial charge in [-0.1, -0.05) is 13.8 Å². The van der Waals surface area contributed by atoms with Crippen LogP contribution in [0.2, 0.25) is 0 Å². The Hall–Kier alpha value is -1.16. The average molecular weight is 283 g/mol. The molecule has 2 nitrogen and oxygen atoms in total. The normalized spacial score (nSPS) is 26.6. The lowest BCUT2D eigenvalue weighted by Crippen LogP contribution is -2.29. The fourth-order valence-electron chi connectivity index (χ4n) is 2.81. The van der Waals surface area contributed by atoms with E-state index in [1.807, 2.05) is 0 Å². The van der Waals surface area contributed by atoms with E-state index in [1.165, 1.54) is 12.1 Å². The minimum Gasteiger partial charge on any atom is -0.484 e. The van der Waals surface area contributed by atoms with E-state index in [-0.39, 0.29) is 11.9 Å². The molecule has 0 aromatic heterocycles. The van der Waals surface area contributed by atoms with Gasteiger partial charge >= 0.3 is 0 Å². The monoisotopic (exact) mass is 283 g/mol. The van der Waals surface area contributed by atoms with E-state index in [0.717, 1.165) is 19.3 Å². The van der Waals surface area contributed by atoms with Crippen LogP contribution >= 0.6 is 0 Å². The van der Waals surface area contributed by atoms with Gasteiger partial charge in [-0.2, -0.15) is 0 Å². The van der Waals surface area contributed by atoms with Gasteiger partial charge in [0.25, 0.3) is 0 Å². The Kier molecular flexibility index (Phi) is 4.97. The zero-order chi connectivity index (χ0) is 14.7. The summed E-state index contributed by atoms with van der Waals surface area (Å²) in [6, 6.07) is 2.64. The standard InChI is InChI=1S/C16H23F2NO/c1-10-3-4-13(7-11(10)2)20-16-14(17)8-12(5-6-19)9-15(16)18/h8-11,13H,3-7,19H2,1-2H3. The molecule has 0 radical (unpaired) electrons. The Morgan fingerprint density at radius 1 is 1.15 bits per heavy atom. The lowest BCUT2D eigenvalue weighted by molar-refractivity contribution is 0.0926. The summed E-state index contributed by atoms with van der Waals surface area (Å²) in [7, 11) is 0. The predicted octanol–water partition coefficient (Wildman–Crippen LogP) is 3.67. The maximum atomic E-state index is 14.0. The zero-order valence-electron chi connectivity index (χ0n) is 12.2. The molecule has 2 rings (SSSR count). The first kappa shape index (κ1) is 15.2. The van der Waals surface area contributed by atoms with E-state index < -0.39 is 11.6 Å². The van der Waals surface area contributed by atoms with E-state index in [0.29, 0.717) is 30.4 Å². The van der Waals surface area contributed by atoms with Gasteiger partial charge in [-0.15, -0.1) is 0 Å². The molecule has 112 valence electrons. The van der Waals surface area contributed by atoms with Crippen molar-refractivity contribution >= 4 is 0 Å². The van der Waals surface area contributed by atoms with E-state index in [2.05, 4.69) is 13.8 Å². The highest BCUT2D eigenvalue weighted by molar-refractivity contribution is 5.31. The number of hydrogen-bond donors (Lipinski definition) is 1. The first-order valence-corrected chi connectivity index (χ1v) is 7.36. The molecule has 20 heavy (non-hydrogen) atoms. The topological polar surface area (TPSA) is 35.2 Å². The molecular formula is C16H23F2NO. The number of hydrogen-bond acceptors (Lipinski definition) is 2. The second-order valence-electron chi connectivity index (χ2n) is 5.93. The largest absolute Gasteiger partial charge is 0.484 e. The molecular weight excluding hydrogens is 260 g/mol. The third-order valence-corrected chi connectivity index (χ3v) is 4.33. The molecule has 1 aromatic carbocycles. The molecule has 0 saturated heterocycles. The maximum absolute atomic E-state index is 14.0. The van der Waals surface area contributed by atoms with Crippen LogP contribution in [0.25, 0.3) is 0 Å². The van der Waals surface area contributed by atoms with Crippen LogP contribution in [0.3, 0.4) is 0 Å². The highest BCUT2D eigenvalue weighted by atomic mass is 19.1. The van der Waals surface area contributed by atoms with Gasteiger partial charge < -0.3 is 10.5 Å². The number of halogens is 2. The van der Waals surface area contributed by atoms with Crippen LogP contribution in [0.5, 0.6) is 5.75 Å². The first-order chi connectivity index (χ1) is 9.51. The molecule has 0 aliphatic heterocycles. The van der Waals surface area contributed by atoms with Gasteiger partial charge in [0.2, 0.25) is 0 Å². The van der Waals surface area contributed by atoms with Crippen molar-refractivity contribution in [3.05, 3.63) is 29.3 Å². The van der Waals surface area contributed by atoms with Crippen molar-refractivity contribution in [3.8, 4) is 5.75 Å². The molecule has 1 aromatic rings. The Morgan fingerprint density at radius 2 is 1.80 bits per heavy atom. The Balaban J connectivity index is 2.09. The molecule has 0 bridgehead atoms. The van der Waals surface area contributed by atoms with Gasteiger partial charge in [0.05, 0.1) is 6.10 Å². The van der Waals surface area contributed by atoms with Gasteiger partial charge in [-0.05, 0) is 61.8 Å². The quantitative estimate of drug-likeness (QED) is 0.915. The summed E-state index contributed by atoms with van der Waals surface area (Å²) in [6.07, 6.45) is 3.12. The third-order valence-electron chi connectivity index (χ3n) is 4.33. The molecule has 0 amide bonds. The summed E-state index contributed by atoms with van der Waals surface area (Å²) in [5.74, 6) is -0.315. The number of rotatable bonds is 4. The van der Waals surface area contributed by atoms with Crippen molar-refractivity contribution in [2.45, 2.75) is 45.6 Å². The average Bonchev–Trinajstić information content (AvgIpc) is 2.38. The summed E-state index contributed by atoms with van der Waals surface area (Å²) in [5.41, 5.74) is 5.97. The van der Waals surface area contributed by atoms with Gasteiger partial charge in [0.1, 0.15) is 0 Å². The van der Waals surface area contributed by atoms with E-state index in [4.69, 9.17) is 10.5 Å². The molecule has 4 heteroatoms. The van der Waals surface area contributed by atoms with Crippen LogP contribution in [0, 0.1) is 23.5 Å². The van der Waals surface area contributed by atoms with Gasteiger partial charge in [-0.25, -0.2) is 8.78 Å². The van der Waals surface area contributed by atoms with E-state index in [9.17, 15) is 8.78 Å². The summed E-state index contributed by atoms with van der Waals surface area (Å²) >= 11 is 0. The number of benzene rings is 1. The summed E-state index contributed by atoms with van der Waals surface area (Å²) < 4.78 is 33.5. The van der Waals surface area contributed by atoms with Gasteiger partial charge in [0.15, 0.2) is 17.4 Å². The molecule has 2 N–H and O–H groups in total. The second kappa shape index (κ2) is 6.53. The number of ether oxygens (including phenoxy) is 1. The van der Waals surface area contributed by atoms with Gasteiger partial charge in [-0.3, -0.25) is 0 Å². The third kappa shape index (κ3) is 3.48. The Bertz CT molecular complexity index is 441. The SMILES string of the molecule is CC1CCC(Oc2c(F)cc(CCN)cc2F)CC1C. The molecule has 3 atom stereocenters.